The molecule has 0 saturated carbocycles. The summed E-state index contributed by atoms with van der Waals surface area (Å²) in [7, 11) is 0. The van der Waals surface area contributed by atoms with Crippen molar-refractivity contribution in [1.29, 1.82) is 0 Å². The van der Waals surface area contributed by atoms with Crippen LogP contribution in [0.2, 0.25) is 0 Å². The van der Waals surface area contributed by atoms with E-state index in [1.54, 1.807) is 12.1 Å². The van der Waals surface area contributed by atoms with Crippen molar-refractivity contribution in [3.63, 3.8) is 0 Å². The Morgan fingerprint density at radius 3 is 2.75 bits per heavy atom. The van der Waals surface area contributed by atoms with Gasteiger partial charge in [-0.15, -0.1) is 0 Å². The molecule has 0 radical (unpaired) electrons. The van der Waals surface area contributed by atoms with Crippen LogP contribution in [-0.4, -0.2) is 16.8 Å². The summed E-state index contributed by atoms with van der Waals surface area (Å²) in [6.07, 6.45) is -0.201. The van der Waals surface area contributed by atoms with E-state index >= 15 is 0 Å². The summed E-state index contributed by atoms with van der Waals surface area (Å²) in [5.74, 6) is -0.708. The van der Waals surface area contributed by atoms with Gasteiger partial charge in [-0.3, -0.25) is 9.59 Å². The average Bonchev–Trinajstić information content (AvgIpc) is 2.58. The first-order chi connectivity index (χ1) is 7.50. The number of primary amides is 1. The Bertz CT molecular complexity index is 484. The Balaban J connectivity index is 2.50. The number of nitrogens with two attached hydrogens (primary N) is 1. The molecule has 2 rings (SSSR count). The number of carbonyl (C=O) groups excluding carboxylic acids is 2. The first-order valence-electron chi connectivity index (χ1n) is 4.83. The van der Waals surface area contributed by atoms with Crippen molar-refractivity contribution >= 4 is 27.6 Å². The lowest BCUT2D eigenvalue weighted by Crippen LogP contribution is -2.21. The summed E-state index contributed by atoms with van der Waals surface area (Å²) in [5, 5.41) is 9.59. The maximum atomic E-state index is 11.5. The SMILES string of the molecule is NC(=O)C(O)c1cc2c(cc1Br)C(=O)CC2. The molecule has 1 aliphatic carbocycles. The van der Waals surface area contributed by atoms with Crippen LogP contribution in [0.3, 0.4) is 0 Å². The highest BCUT2D eigenvalue weighted by molar-refractivity contribution is 9.10. The van der Waals surface area contributed by atoms with Crippen LogP contribution in [0.4, 0.5) is 0 Å². The van der Waals surface area contributed by atoms with E-state index in [4.69, 9.17) is 5.73 Å². The van der Waals surface area contributed by atoms with Gasteiger partial charge in [0.25, 0.3) is 5.91 Å². The van der Waals surface area contributed by atoms with Gasteiger partial charge in [-0.1, -0.05) is 22.0 Å². The second-order valence-corrected chi connectivity index (χ2v) is 4.61. The Kier molecular flexibility index (Phi) is 2.82. The Morgan fingerprint density at radius 1 is 1.44 bits per heavy atom. The number of aliphatic hydroxyl groups is 1. The van der Waals surface area contributed by atoms with Crippen LogP contribution in [0.25, 0.3) is 0 Å². The number of amides is 1. The molecule has 0 saturated heterocycles. The third-order valence-electron chi connectivity index (χ3n) is 2.71. The fraction of sp³-hybridized carbons (Fsp3) is 0.273. The van der Waals surface area contributed by atoms with Gasteiger partial charge in [-0.2, -0.15) is 0 Å². The lowest BCUT2D eigenvalue weighted by Gasteiger charge is -2.11. The van der Waals surface area contributed by atoms with Crippen LogP contribution in [-0.2, 0) is 11.2 Å². The summed E-state index contributed by atoms with van der Waals surface area (Å²) in [5.41, 5.74) is 6.97. The van der Waals surface area contributed by atoms with Gasteiger partial charge < -0.3 is 10.8 Å². The molecule has 84 valence electrons. The second kappa shape index (κ2) is 3.99. The highest BCUT2D eigenvalue weighted by atomic mass is 79.9. The van der Waals surface area contributed by atoms with E-state index in [9.17, 15) is 14.7 Å². The second-order valence-electron chi connectivity index (χ2n) is 3.76. The summed E-state index contributed by atoms with van der Waals surface area (Å²) in [4.78, 5) is 22.4. The molecular weight excluding hydrogens is 274 g/mol. The van der Waals surface area contributed by atoms with Gasteiger partial charge in [0.15, 0.2) is 11.9 Å². The first kappa shape index (κ1) is 11.3. The maximum absolute atomic E-state index is 11.5. The van der Waals surface area contributed by atoms with Gasteiger partial charge in [0.1, 0.15) is 0 Å². The molecule has 1 amide bonds. The summed E-state index contributed by atoms with van der Waals surface area (Å²) in [6, 6.07) is 3.31. The summed E-state index contributed by atoms with van der Waals surface area (Å²) >= 11 is 3.23. The number of hydrogen-bond acceptors (Lipinski definition) is 3. The molecule has 16 heavy (non-hydrogen) atoms. The van der Waals surface area contributed by atoms with Gasteiger partial charge in [-0.25, -0.2) is 0 Å². The minimum Gasteiger partial charge on any atom is -0.378 e. The number of carbonyl (C=O) groups is 2. The smallest absolute Gasteiger partial charge is 0.250 e. The first-order valence-corrected chi connectivity index (χ1v) is 5.63. The average molecular weight is 284 g/mol. The Labute approximate surface area is 101 Å². The molecule has 4 nitrogen and oxygen atoms in total. The number of ketones is 1. The van der Waals surface area contributed by atoms with Crippen molar-refractivity contribution < 1.29 is 14.7 Å². The highest BCUT2D eigenvalue weighted by Crippen LogP contribution is 2.31. The molecule has 5 heteroatoms. The van der Waals surface area contributed by atoms with E-state index < -0.39 is 12.0 Å². The molecule has 0 bridgehead atoms. The van der Waals surface area contributed by atoms with Crippen LogP contribution < -0.4 is 5.73 Å². The zero-order valence-electron chi connectivity index (χ0n) is 8.37. The van der Waals surface area contributed by atoms with Crippen LogP contribution in [0.1, 0.15) is 34.0 Å². The molecule has 0 spiro atoms. The van der Waals surface area contributed by atoms with Gasteiger partial charge in [0.2, 0.25) is 0 Å². The zero-order valence-corrected chi connectivity index (χ0v) is 9.95. The van der Waals surface area contributed by atoms with E-state index in [2.05, 4.69) is 15.9 Å². The van der Waals surface area contributed by atoms with E-state index in [1.165, 1.54) is 0 Å². The monoisotopic (exact) mass is 283 g/mol. The van der Waals surface area contributed by atoms with Crippen molar-refractivity contribution in [3.05, 3.63) is 33.3 Å². The molecule has 3 N–H and O–H groups in total. The summed E-state index contributed by atoms with van der Waals surface area (Å²) in [6.45, 7) is 0. The number of benzene rings is 1. The van der Waals surface area contributed by atoms with Crippen LogP contribution >= 0.6 is 15.9 Å². The largest absolute Gasteiger partial charge is 0.378 e. The van der Waals surface area contributed by atoms with E-state index in [0.717, 1.165) is 5.56 Å². The molecule has 0 heterocycles. The molecule has 0 aliphatic heterocycles. The minimum atomic E-state index is -1.34. The minimum absolute atomic E-state index is 0.0933. The number of hydrogen-bond donors (Lipinski definition) is 2. The van der Waals surface area contributed by atoms with E-state index in [-0.39, 0.29) is 5.78 Å². The lowest BCUT2D eigenvalue weighted by atomic mass is 10.0. The molecule has 1 aliphatic rings. The normalized spacial score (nSPS) is 16.0. The predicted molar refractivity (Wildman–Crippen MR) is 60.9 cm³/mol. The summed E-state index contributed by atoms with van der Waals surface area (Å²) < 4.78 is 0.535. The fourth-order valence-corrected chi connectivity index (χ4v) is 2.41. The van der Waals surface area contributed by atoms with Crippen molar-refractivity contribution in [3.8, 4) is 0 Å². The van der Waals surface area contributed by atoms with Gasteiger partial charge >= 0.3 is 0 Å². The standard InChI is InChI=1S/C11H10BrNO3/c12-8-4-6-5(1-2-9(6)14)3-7(8)10(15)11(13)16/h3-4,10,15H,1-2H2,(H2,13,16). The number of fused-ring (bicyclic) bond motifs is 1. The number of aliphatic hydroxyl groups excluding tert-OH is 1. The molecule has 0 aromatic heterocycles. The van der Waals surface area contributed by atoms with E-state index in [1.807, 2.05) is 0 Å². The molecule has 1 unspecified atom stereocenters. The van der Waals surface area contributed by atoms with Crippen molar-refractivity contribution in [2.45, 2.75) is 18.9 Å². The topological polar surface area (TPSA) is 80.4 Å². The fourth-order valence-electron chi connectivity index (χ4n) is 1.85. The molecule has 1 aromatic carbocycles. The third-order valence-corrected chi connectivity index (χ3v) is 3.40. The van der Waals surface area contributed by atoms with Crippen molar-refractivity contribution in [2.24, 2.45) is 5.73 Å². The van der Waals surface area contributed by atoms with Crippen molar-refractivity contribution in [1.82, 2.24) is 0 Å². The predicted octanol–water partition coefficient (Wildman–Crippen LogP) is 1.10. The van der Waals surface area contributed by atoms with Crippen LogP contribution in [0.15, 0.2) is 16.6 Å². The van der Waals surface area contributed by atoms with Gasteiger partial charge in [0.05, 0.1) is 0 Å². The van der Waals surface area contributed by atoms with Crippen molar-refractivity contribution in [2.75, 3.05) is 0 Å². The van der Waals surface area contributed by atoms with Crippen LogP contribution in [0, 0.1) is 0 Å². The maximum Gasteiger partial charge on any atom is 0.250 e. The number of Topliss-reactive ketones (excluding diaryl/α,β-unsaturated/α-hetero) is 1. The Morgan fingerprint density at radius 2 is 2.12 bits per heavy atom. The number of halogens is 1. The molecule has 1 atom stereocenters. The third kappa shape index (κ3) is 1.76. The molecule has 1 aromatic rings. The Hall–Kier alpha value is -1.20. The lowest BCUT2D eigenvalue weighted by molar-refractivity contribution is -0.126. The molecular formula is C11H10BrNO3. The zero-order chi connectivity index (χ0) is 11.9. The number of rotatable bonds is 2. The van der Waals surface area contributed by atoms with Crippen LogP contribution in [0.5, 0.6) is 0 Å². The highest BCUT2D eigenvalue weighted by Gasteiger charge is 2.24. The van der Waals surface area contributed by atoms with Gasteiger partial charge in [0, 0.05) is 22.0 Å². The van der Waals surface area contributed by atoms with E-state index in [0.29, 0.717) is 28.4 Å². The van der Waals surface area contributed by atoms with Gasteiger partial charge in [-0.05, 0) is 18.1 Å². The molecule has 0 fully saturated rings. The number of aryl methyl sites for hydroxylation is 1. The quantitative estimate of drug-likeness (QED) is 0.853.